The molecule has 0 aliphatic rings. The molecule has 4 nitrogen and oxygen atoms in total. The fourth-order valence-corrected chi connectivity index (χ4v) is 2.21. The first kappa shape index (κ1) is 16.0. The van der Waals surface area contributed by atoms with Crippen molar-refractivity contribution in [3.63, 3.8) is 0 Å². The molecule has 0 saturated heterocycles. The molecule has 0 N–H and O–H groups in total. The van der Waals surface area contributed by atoms with E-state index in [1.54, 1.807) is 19.1 Å². The monoisotopic (exact) mass is 329 g/mol. The second-order valence-electron chi connectivity index (χ2n) is 4.18. The smallest absolute Gasteiger partial charge is 0.257 e. The summed E-state index contributed by atoms with van der Waals surface area (Å²) in [5.74, 6) is 0.574. The van der Waals surface area contributed by atoms with E-state index in [4.69, 9.17) is 9.47 Å². The average molecular weight is 330 g/mol. The molecule has 0 heterocycles. The van der Waals surface area contributed by atoms with Gasteiger partial charge in [0.1, 0.15) is 5.75 Å². The van der Waals surface area contributed by atoms with Gasteiger partial charge in [-0.2, -0.15) is 0 Å². The number of benzene rings is 1. The Morgan fingerprint density at radius 3 is 2.63 bits per heavy atom. The molecule has 106 valence electrons. The van der Waals surface area contributed by atoms with E-state index in [2.05, 4.69) is 15.9 Å². The Labute approximate surface area is 122 Å². The molecule has 0 spiro atoms. The summed E-state index contributed by atoms with van der Waals surface area (Å²) in [6.45, 7) is 3.68. The van der Waals surface area contributed by atoms with E-state index in [1.807, 2.05) is 25.1 Å². The van der Waals surface area contributed by atoms with Crippen LogP contribution < -0.4 is 4.74 Å². The quantitative estimate of drug-likeness (QED) is 0.721. The molecular formula is C14H20BrNO3. The minimum absolute atomic E-state index is 0.0305. The first-order valence-electron chi connectivity index (χ1n) is 6.12. The first-order valence-corrected chi connectivity index (χ1v) is 7.25. The van der Waals surface area contributed by atoms with Crippen molar-refractivity contribution in [3.8, 4) is 5.75 Å². The van der Waals surface area contributed by atoms with Crippen molar-refractivity contribution in [1.82, 2.24) is 4.90 Å². The molecular weight excluding hydrogens is 310 g/mol. The third-order valence-electron chi connectivity index (χ3n) is 2.79. The highest BCUT2D eigenvalue weighted by Gasteiger charge is 2.19. The van der Waals surface area contributed by atoms with Crippen molar-refractivity contribution < 1.29 is 14.3 Å². The van der Waals surface area contributed by atoms with E-state index < -0.39 is 0 Å². The van der Waals surface area contributed by atoms with Gasteiger partial charge in [0.2, 0.25) is 0 Å². The fraction of sp³-hybridized carbons (Fsp3) is 0.500. The number of halogens is 1. The minimum Gasteiger partial charge on any atom is -0.496 e. The van der Waals surface area contributed by atoms with Crippen LogP contribution in [-0.2, 0) is 4.74 Å². The number of carbonyl (C=O) groups excluding carboxylic acids is 1. The van der Waals surface area contributed by atoms with Crippen molar-refractivity contribution in [2.45, 2.75) is 6.92 Å². The van der Waals surface area contributed by atoms with Crippen LogP contribution in [-0.4, -0.2) is 50.1 Å². The zero-order valence-corrected chi connectivity index (χ0v) is 13.2. The van der Waals surface area contributed by atoms with Crippen molar-refractivity contribution in [1.29, 1.82) is 0 Å². The summed E-state index contributed by atoms with van der Waals surface area (Å²) < 4.78 is 10.3. The number of hydrogen-bond acceptors (Lipinski definition) is 3. The van der Waals surface area contributed by atoms with Crippen LogP contribution in [0.2, 0.25) is 0 Å². The number of alkyl halides is 1. The molecule has 0 bridgehead atoms. The molecule has 1 amide bonds. The van der Waals surface area contributed by atoms with Gasteiger partial charge in [-0.25, -0.2) is 0 Å². The second-order valence-corrected chi connectivity index (χ2v) is 4.97. The summed E-state index contributed by atoms with van der Waals surface area (Å²) in [5.41, 5.74) is 1.63. The molecule has 0 unspecified atom stereocenters. The normalized spacial score (nSPS) is 10.3. The van der Waals surface area contributed by atoms with Crippen molar-refractivity contribution in [3.05, 3.63) is 29.3 Å². The lowest BCUT2D eigenvalue weighted by atomic mass is 10.1. The van der Waals surface area contributed by atoms with Gasteiger partial charge in [-0.15, -0.1) is 0 Å². The summed E-state index contributed by atoms with van der Waals surface area (Å²) in [5, 5.41) is 0.733. The van der Waals surface area contributed by atoms with Crippen LogP contribution in [0.15, 0.2) is 18.2 Å². The molecule has 1 rings (SSSR count). The number of hydrogen-bond donors (Lipinski definition) is 0. The second kappa shape index (κ2) is 8.17. The van der Waals surface area contributed by atoms with Crippen LogP contribution in [0.1, 0.15) is 15.9 Å². The molecule has 5 heteroatoms. The van der Waals surface area contributed by atoms with Gasteiger partial charge in [-0.05, 0) is 19.1 Å². The minimum atomic E-state index is -0.0305. The number of rotatable bonds is 7. The lowest BCUT2D eigenvalue weighted by molar-refractivity contribution is 0.0705. The highest BCUT2D eigenvalue weighted by molar-refractivity contribution is 9.09. The first-order chi connectivity index (χ1) is 9.13. The predicted molar refractivity (Wildman–Crippen MR) is 79.3 cm³/mol. The highest BCUT2D eigenvalue weighted by Crippen LogP contribution is 2.21. The molecule has 19 heavy (non-hydrogen) atoms. The fourth-order valence-electron chi connectivity index (χ4n) is 1.78. The van der Waals surface area contributed by atoms with Crippen LogP contribution in [0.3, 0.4) is 0 Å². The van der Waals surface area contributed by atoms with E-state index in [0.29, 0.717) is 31.0 Å². The van der Waals surface area contributed by atoms with Crippen molar-refractivity contribution in [2.24, 2.45) is 0 Å². The Bertz CT molecular complexity index is 423. The van der Waals surface area contributed by atoms with Gasteiger partial charge in [0, 0.05) is 25.5 Å². The maximum absolute atomic E-state index is 12.5. The number of aryl methyl sites for hydroxylation is 1. The topological polar surface area (TPSA) is 38.8 Å². The molecule has 0 atom stereocenters. The lowest BCUT2D eigenvalue weighted by Gasteiger charge is -2.22. The van der Waals surface area contributed by atoms with Crippen molar-refractivity contribution >= 4 is 21.8 Å². The summed E-state index contributed by atoms with van der Waals surface area (Å²) in [7, 11) is 3.20. The van der Waals surface area contributed by atoms with Gasteiger partial charge < -0.3 is 14.4 Å². The number of carbonyl (C=O) groups is 1. The molecule has 1 aromatic carbocycles. The van der Waals surface area contributed by atoms with Crippen LogP contribution in [0.4, 0.5) is 0 Å². The van der Waals surface area contributed by atoms with E-state index in [9.17, 15) is 4.79 Å². The average Bonchev–Trinajstić information content (AvgIpc) is 2.42. The summed E-state index contributed by atoms with van der Waals surface area (Å²) >= 11 is 3.37. The van der Waals surface area contributed by atoms with Gasteiger partial charge >= 0.3 is 0 Å². The molecule has 0 saturated carbocycles. The maximum atomic E-state index is 12.5. The molecule has 1 aromatic rings. The number of methoxy groups -OCH3 is 2. The third-order valence-corrected chi connectivity index (χ3v) is 3.15. The standard InChI is InChI=1S/C14H20BrNO3/c1-11-4-5-13(19-3)12(10-11)14(17)16(7-6-15)8-9-18-2/h4-5,10H,6-9H2,1-3H3. The Kier molecular flexibility index (Phi) is 6.87. The van der Waals surface area contributed by atoms with Gasteiger partial charge in [0.25, 0.3) is 5.91 Å². The van der Waals surface area contributed by atoms with E-state index >= 15 is 0 Å². The van der Waals surface area contributed by atoms with Crippen LogP contribution in [0.5, 0.6) is 5.75 Å². The lowest BCUT2D eigenvalue weighted by Crippen LogP contribution is -2.35. The molecule has 0 aliphatic carbocycles. The Morgan fingerprint density at radius 1 is 1.32 bits per heavy atom. The van der Waals surface area contributed by atoms with Crippen LogP contribution in [0.25, 0.3) is 0 Å². The van der Waals surface area contributed by atoms with E-state index in [-0.39, 0.29) is 5.91 Å². The maximum Gasteiger partial charge on any atom is 0.257 e. The van der Waals surface area contributed by atoms with Gasteiger partial charge in [-0.3, -0.25) is 4.79 Å². The van der Waals surface area contributed by atoms with E-state index in [0.717, 1.165) is 10.9 Å². The number of amides is 1. The zero-order chi connectivity index (χ0) is 14.3. The van der Waals surface area contributed by atoms with Crippen molar-refractivity contribution in [2.75, 3.05) is 39.2 Å². The van der Waals surface area contributed by atoms with Gasteiger partial charge in [0.15, 0.2) is 0 Å². The molecule has 0 aliphatic heterocycles. The SMILES string of the molecule is COCCN(CCBr)C(=O)c1cc(C)ccc1OC. The molecule has 0 aromatic heterocycles. The Balaban J connectivity index is 2.97. The zero-order valence-electron chi connectivity index (χ0n) is 11.6. The predicted octanol–water partition coefficient (Wildman–Crippen LogP) is 2.49. The van der Waals surface area contributed by atoms with E-state index in [1.165, 1.54) is 0 Å². The Hall–Kier alpha value is -1.07. The largest absolute Gasteiger partial charge is 0.496 e. The summed E-state index contributed by atoms with van der Waals surface area (Å²) in [6, 6.07) is 5.61. The number of nitrogens with zero attached hydrogens (tertiary/aromatic N) is 1. The molecule has 0 fully saturated rings. The number of ether oxygens (including phenoxy) is 2. The third kappa shape index (κ3) is 4.51. The Morgan fingerprint density at radius 2 is 2.05 bits per heavy atom. The van der Waals surface area contributed by atoms with Gasteiger partial charge in [-0.1, -0.05) is 27.6 Å². The highest BCUT2D eigenvalue weighted by atomic mass is 79.9. The van der Waals surface area contributed by atoms with Gasteiger partial charge in [0.05, 0.1) is 19.3 Å². The van der Waals surface area contributed by atoms with Crippen LogP contribution in [0, 0.1) is 6.92 Å². The summed E-state index contributed by atoms with van der Waals surface area (Å²) in [6.07, 6.45) is 0. The van der Waals surface area contributed by atoms with Crippen LogP contribution >= 0.6 is 15.9 Å². The molecule has 0 radical (unpaired) electrons. The summed E-state index contributed by atoms with van der Waals surface area (Å²) in [4.78, 5) is 14.3.